The van der Waals surface area contributed by atoms with Gasteiger partial charge in [-0.15, -0.1) is 10.2 Å². The molecule has 0 spiro atoms. The quantitative estimate of drug-likeness (QED) is 0.711. The van der Waals surface area contributed by atoms with Crippen LogP contribution in [0.25, 0.3) is 0 Å². The van der Waals surface area contributed by atoms with Crippen molar-refractivity contribution < 1.29 is 5.11 Å². The van der Waals surface area contributed by atoms with Gasteiger partial charge in [0.1, 0.15) is 12.9 Å². The summed E-state index contributed by atoms with van der Waals surface area (Å²) in [7, 11) is 0. The van der Waals surface area contributed by atoms with Crippen LogP contribution in [0.2, 0.25) is 0 Å². The van der Waals surface area contributed by atoms with Gasteiger partial charge in [0, 0.05) is 6.04 Å². The summed E-state index contributed by atoms with van der Waals surface area (Å²) in [5, 5.41) is 16.6. The zero-order valence-electron chi connectivity index (χ0n) is 6.98. The lowest BCUT2D eigenvalue weighted by Gasteiger charge is -2.11. The third-order valence-corrected chi connectivity index (χ3v) is 2.51. The first kappa shape index (κ1) is 7.73. The van der Waals surface area contributed by atoms with Crippen LogP contribution in [0.15, 0.2) is 6.33 Å². The average Bonchev–Trinajstić information content (AvgIpc) is 2.74. The number of aliphatic hydroxyl groups excluding tert-OH is 1. The Labute approximate surface area is 71.2 Å². The Morgan fingerprint density at radius 1 is 1.50 bits per heavy atom. The van der Waals surface area contributed by atoms with Crippen molar-refractivity contribution in [1.29, 1.82) is 0 Å². The van der Waals surface area contributed by atoms with E-state index in [9.17, 15) is 0 Å². The van der Waals surface area contributed by atoms with E-state index in [1.807, 2.05) is 4.57 Å². The third kappa shape index (κ3) is 1.22. The molecule has 1 aromatic rings. The maximum absolute atomic E-state index is 8.94. The minimum Gasteiger partial charge on any atom is -0.388 e. The van der Waals surface area contributed by atoms with Gasteiger partial charge in [-0.05, 0) is 12.8 Å². The van der Waals surface area contributed by atoms with Crippen molar-refractivity contribution in [3.05, 3.63) is 12.2 Å². The van der Waals surface area contributed by atoms with Crippen LogP contribution >= 0.6 is 0 Å². The lowest BCUT2D eigenvalue weighted by Crippen LogP contribution is -2.07. The second-order valence-corrected chi connectivity index (χ2v) is 3.25. The molecule has 0 saturated heterocycles. The van der Waals surface area contributed by atoms with Crippen LogP contribution in [0, 0.1) is 0 Å². The normalized spacial score (nSPS) is 18.8. The van der Waals surface area contributed by atoms with Crippen molar-refractivity contribution in [2.24, 2.45) is 0 Å². The van der Waals surface area contributed by atoms with E-state index in [-0.39, 0.29) is 6.61 Å². The van der Waals surface area contributed by atoms with Gasteiger partial charge in [-0.25, -0.2) is 0 Å². The monoisotopic (exact) mass is 167 g/mol. The Kier molecular flexibility index (Phi) is 2.08. The van der Waals surface area contributed by atoms with E-state index in [1.54, 1.807) is 6.33 Å². The number of rotatable bonds is 2. The zero-order chi connectivity index (χ0) is 8.39. The predicted molar refractivity (Wildman–Crippen MR) is 43.4 cm³/mol. The van der Waals surface area contributed by atoms with Crippen molar-refractivity contribution in [3.8, 4) is 0 Å². The summed E-state index contributed by atoms with van der Waals surface area (Å²) in [5.41, 5.74) is 0. The molecule has 0 bridgehead atoms. The molecular formula is C8H13N3O. The first-order chi connectivity index (χ1) is 5.92. The van der Waals surface area contributed by atoms with Crippen LogP contribution in [0.5, 0.6) is 0 Å². The van der Waals surface area contributed by atoms with Crippen LogP contribution in [-0.4, -0.2) is 19.9 Å². The summed E-state index contributed by atoms with van der Waals surface area (Å²) in [6, 6.07) is 0.530. The Morgan fingerprint density at radius 3 is 2.92 bits per heavy atom. The topological polar surface area (TPSA) is 50.9 Å². The smallest absolute Gasteiger partial charge is 0.158 e. The highest BCUT2D eigenvalue weighted by molar-refractivity contribution is 4.88. The molecule has 66 valence electrons. The molecule has 1 aliphatic rings. The van der Waals surface area contributed by atoms with Gasteiger partial charge in [-0.3, -0.25) is 0 Å². The molecule has 0 unspecified atom stereocenters. The third-order valence-electron chi connectivity index (χ3n) is 2.51. The Hall–Kier alpha value is -0.900. The van der Waals surface area contributed by atoms with Crippen LogP contribution < -0.4 is 0 Å². The number of hydrogen-bond donors (Lipinski definition) is 1. The van der Waals surface area contributed by atoms with Gasteiger partial charge in [0.15, 0.2) is 5.82 Å². The molecule has 1 aromatic heterocycles. The maximum Gasteiger partial charge on any atom is 0.158 e. The van der Waals surface area contributed by atoms with Crippen LogP contribution in [0.4, 0.5) is 0 Å². The summed E-state index contributed by atoms with van der Waals surface area (Å²) < 4.78 is 2.01. The molecule has 1 N–H and O–H groups in total. The van der Waals surface area contributed by atoms with E-state index in [1.165, 1.54) is 25.7 Å². The SMILES string of the molecule is OCc1nncn1C1CCCC1. The minimum atomic E-state index is -0.00347. The minimum absolute atomic E-state index is 0.00347. The average molecular weight is 167 g/mol. The summed E-state index contributed by atoms with van der Waals surface area (Å²) >= 11 is 0. The highest BCUT2D eigenvalue weighted by atomic mass is 16.3. The van der Waals surface area contributed by atoms with Crippen molar-refractivity contribution in [2.75, 3.05) is 0 Å². The molecule has 4 nitrogen and oxygen atoms in total. The van der Waals surface area contributed by atoms with Crippen LogP contribution in [0.3, 0.4) is 0 Å². The van der Waals surface area contributed by atoms with E-state index in [2.05, 4.69) is 10.2 Å². The van der Waals surface area contributed by atoms with Gasteiger partial charge in [0.25, 0.3) is 0 Å². The Morgan fingerprint density at radius 2 is 2.25 bits per heavy atom. The van der Waals surface area contributed by atoms with Gasteiger partial charge in [-0.1, -0.05) is 12.8 Å². The molecule has 4 heteroatoms. The van der Waals surface area contributed by atoms with Crippen LogP contribution in [-0.2, 0) is 6.61 Å². The fourth-order valence-corrected chi connectivity index (χ4v) is 1.87. The number of aromatic nitrogens is 3. The van der Waals surface area contributed by atoms with E-state index in [4.69, 9.17) is 5.11 Å². The van der Waals surface area contributed by atoms with Gasteiger partial charge in [-0.2, -0.15) is 0 Å². The number of nitrogens with zero attached hydrogens (tertiary/aromatic N) is 3. The molecule has 0 amide bonds. The molecule has 0 atom stereocenters. The molecule has 0 radical (unpaired) electrons. The van der Waals surface area contributed by atoms with Crippen molar-refractivity contribution in [1.82, 2.24) is 14.8 Å². The van der Waals surface area contributed by atoms with E-state index in [0.717, 1.165) is 0 Å². The molecule has 1 saturated carbocycles. The highest BCUT2D eigenvalue weighted by Crippen LogP contribution is 2.29. The van der Waals surface area contributed by atoms with E-state index in [0.29, 0.717) is 11.9 Å². The van der Waals surface area contributed by atoms with Crippen molar-refractivity contribution >= 4 is 0 Å². The molecular weight excluding hydrogens is 154 g/mol. The summed E-state index contributed by atoms with van der Waals surface area (Å²) in [4.78, 5) is 0. The van der Waals surface area contributed by atoms with E-state index < -0.39 is 0 Å². The van der Waals surface area contributed by atoms with Crippen LogP contribution in [0.1, 0.15) is 37.5 Å². The molecule has 1 aliphatic carbocycles. The number of hydrogen-bond acceptors (Lipinski definition) is 3. The lowest BCUT2D eigenvalue weighted by molar-refractivity contribution is 0.260. The second-order valence-electron chi connectivity index (χ2n) is 3.25. The van der Waals surface area contributed by atoms with Gasteiger partial charge in [0.05, 0.1) is 0 Å². The summed E-state index contributed by atoms with van der Waals surface area (Å²) in [5.74, 6) is 0.696. The molecule has 1 fully saturated rings. The fourth-order valence-electron chi connectivity index (χ4n) is 1.87. The standard InChI is InChI=1S/C8H13N3O/c12-5-8-10-9-6-11(8)7-3-1-2-4-7/h6-7,12H,1-5H2. The highest BCUT2D eigenvalue weighted by Gasteiger charge is 2.18. The first-order valence-electron chi connectivity index (χ1n) is 4.41. The van der Waals surface area contributed by atoms with Gasteiger partial charge >= 0.3 is 0 Å². The van der Waals surface area contributed by atoms with E-state index >= 15 is 0 Å². The molecule has 12 heavy (non-hydrogen) atoms. The Bertz CT molecular complexity index is 253. The maximum atomic E-state index is 8.94. The van der Waals surface area contributed by atoms with Crippen molar-refractivity contribution in [3.63, 3.8) is 0 Å². The largest absolute Gasteiger partial charge is 0.388 e. The molecule has 2 rings (SSSR count). The second kappa shape index (κ2) is 3.23. The first-order valence-corrected chi connectivity index (χ1v) is 4.41. The van der Waals surface area contributed by atoms with Crippen molar-refractivity contribution in [2.45, 2.75) is 38.3 Å². The molecule has 1 heterocycles. The fraction of sp³-hybridized carbons (Fsp3) is 0.750. The summed E-state index contributed by atoms with van der Waals surface area (Å²) in [6.45, 7) is -0.00347. The lowest BCUT2D eigenvalue weighted by atomic mass is 10.2. The number of aliphatic hydroxyl groups is 1. The Balaban J connectivity index is 2.19. The zero-order valence-corrected chi connectivity index (χ0v) is 6.98. The predicted octanol–water partition coefficient (Wildman–Crippen LogP) is 0.885. The summed E-state index contributed by atoms with van der Waals surface area (Å²) in [6.07, 6.45) is 6.69. The van der Waals surface area contributed by atoms with Gasteiger partial charge < -0.3 is 9.67 Å². The molecule has 0 aromatic carbocycles. The van der Waals surface area contributed by atoms with Gasteiger partial charge in [0.2, 0.25) is 0 Å². The molecule has 0 aliphatic heterocycles.